The van der Waals surface area contributed by atoms with Crippen LogP contribution in [0, 0.1) is 0 Å². The molecule has 0 N–H and O–H groups in total. The third-order valence-corrected chi connectivity index (χ3v) is 3.45. The predicted molar refractivity (Wildman–Crippen MR) is 66.6 cm³/mol. The van der Waals surface area contributed by atoms with Gasteiger partial charge in [-0.05, 0) is 25.0 Å². The third-order valence-electron chi connectivity index (χ3n) is 2.76. The minimum Gasteiger partial charge on any atom is -0.0908 e. The van der Waals surface area contributed by atoms with E-state index in [4.69, 9.17) is 0 Å². The van der Waals surface area contributed by atoms with Crippen LogP contribution in [0.3, 0.4) is 0 Å². The molecular weight excluding hydrogens is 236 g/mol. The van der Waals surface area contributed by atoms with Crippen molar-refractivity contribution in [1.82, 2.24) is 0 Å². The van der Waals surface area contributed by atoms with E-state index in [1.165, 1.54) is 10.0 Å². The van der Waals surface area contributed by atoms with Gasteiger partial charge in [-0.3, -0.25) is 0 Å². The van der Waals surface area contributed by atoms with Gasteiger partial charge in [0.15, 0.2) is 0 Å². The van der Waals surface area contributed by atoms with Crippen LogP contribution < -0.4 is 0 Å². The van der Waals surface area contributed by atoms with Crippen LogP contribution in [0.4, 0.5) is 0 Å². The van der Waals surface area contributed by atoms with E-state index in [2.05, 4.69) is 73.1 Å². The molecule has 0 fully saturated rings. The summed E-state index contributed by atoms with van der Waals surface area (Å²) in [7, 11) is 0. The second kappa shape index (κ2) is 4.79. The fourth-order valence-electron chi connectivity index (χ4n) is 1.69. The van der Waals surface area contributed by atoms with E-state index in [0.29, 0.717) is 0 Å². The molecule has 0 amide bonds. The monoisotopic (exact) mass is 252 g/mol. The molecule has 0 aliphatic rings. The quantitative estimate of drug-likeness (QED) is 0.685. The first-order chi connectivity index (χ1) is 6.64. The highest BCUT2D eigenvalue weighted by Crippen LogP contribution is 2.34. The molecule has 1 heteroatoms. The molecule has 0 aliphatic heterocycles. The first-order valence-electron chi connectivity index (χ1n) is 5.03. The molecule has 1 aromatic rings. The molecule has 0 aliphatic carbocycles. The summed E-state index contributed by atoms with van der Waals surface area (Å²) in [5.41, 5.74) is 1.51. The normalized spacial score (nSPS) is 15.7. The van der Waals surface area contributed by atoms with Crippen molar-refractivity contribution in [1.29, 1.82) is 0 Å². The smallest absolute Gasteiger partial charge is 0.0216 e. The molecule has 0 aromatic heterocycles. The second-order valence-corrected chi connectivity index (χ2v) is 4.61. The van der Waals surface area contributed by atoms with Crippen molar-refractivity contribution >= 4 is 15.9 Å². The van der Waals surface area contributed by atoms with Gasteiger partial charge in [0.1, 0.15) is 0 Å². The fraction of sp³-hybridized carbons (Fsp3) is 0.385. The summed E-state index contributed by atoms with van der Waals surface area (Å²) < 4.78 is 1.20. The number of halogens is 1. The van der Waals surface area contributed by atoms with Crippen molar-refractivity contribution in [2.45, 2.75) is 32.6 Å². The molecule has 0 spiro atoms. The van der Waals surface area contributed by atoms with Crippen LogP contribution in [0.25, 0.3) is 0 Å². The van der Waals surface area contributed by atoms with Gasteiger partial charge < -0.3 is 0 Å². The Kier molecular flexibility index (Phi) is 3.94. The summed E-state index contributed by atoms with van der Waals surface area (Å²) in [6.07, 6.45) is 5.51. The van der Waals surface area contributed by atoms with E-state index in [-0.39, 0.29) is 5.41 Å². The van der Waals surface area contributed by atoms with Crippen LogP contribution in [-0.4, -0.2) is 0 Å². The standard InChI is InChI=1S/C13H17Br/c1-4-10-13(3,5-2)11-8-6-7-9-12(11)14/h4,6-10H,5H2,1-3H3/b10-4+. The molecule has 0 saturated heterocycles. The van der Waals surface area contributed by atoms with Gasteiger partial charge in [0.25, 0.3) is 0 Å². The topological polar surface area (TPSA) is 0 Å². The Morgan fingerprint density at radius 3 is 2.50 bits per heavy atom. The maximum Gasteiger partial charge on any atom is 0.0216 e. The summed E-state index contributed by atoms with van der Waals surface area (Å²) in [5.74, 6) is 0. The van der Waals surface area contributed by atoms with Crippen molar-refractivity contribution in [2.24, 2.45) is 0 Å². The van der Waals surface area contributed by atoms with Crippen molar-refractivity contribution < 1.29 is 0 Å². The van der Waals surface area contributed by atoms with Gasteiger partial charge in [-0.2, -0.15) is 0 Å². The van der Waals surface area contributed by atoms with Crippen LogP contribution in [-0.2, 0) is 5.41 Å². The Labute approximate surface area is 95.2 Å². The zero-order valence-corrected chi connectivity index (χ0v) is 10.6. The van der Waals surface area contributed by atoms with E-state index >= 15 is 0 Å². The Balaban J connectivity index is 3.19. The Hall–Kier alpha value is -0.560. The highest BCUT2D eigenvalue weighted by atomic mass is 79.9. The molecule has 76 valence electrons. The SMILES string of the molecule is C/C=C/C(C)(CC)c1ccccc1Br. The Morgan fingerprint density at radius 2 is 2.00 bits per heavy atom. The van der Waals surface area contributed by atoms with E-state index in [0.717, 1.165) is 6.42 Å². The lowest BCUT2D eigenvalue weighted by Crippen LogP contribution is -2.18. The van der Waals surface area contributed by atoms with E-state index in [9.17, 15) is 0 Å². The van der Waals surface area contributed by atoms with Gasteiger partial charge in [0, 0.05) is 9.89 Å². The van der Waals surface area contributed by atoms with Crippen LogP contribution in [0.1, 0.15) is 32.8 Å². The van der Waals surface area contributed by atoms with E-state index in [1.54, 1.807) is 0 Å². The number of hydrogen-bond acceptors (Lipinski definition) is 0. The summed E-state index contributed by atoms with van der Waals surface area (Å²) in [6, 6.07) is 8.44. The van der Waals surface area contributed by atoms with Gasteiger partial charge in [0.05, 0.1) is 0 Å². The molecule has 0 saturated carbocycles. The number of hydrogen-bond donors (Lipinski definition) is 0. The molecule has 1 unspecified atom stereocenters. The average molecular weight is 253 g/mol. The first kappa shape index (κ1) is 11.5. The molecule has 0 nitrogen and oxygen atoms in total. The molecule has 1 rings (SSSR count). The molecule has 0 heterocycles. The largest absolute Gasteiger partial charge is 0.0908 e. The van der Waals surface area contributed by atoms with Gasteiger partial charge in [0.2, 0.25) is 0 Å². The summed E-state index contributed by atoms with van der Waals surface area (Å²) in [4.78, 5) is 0. The van der Waals surface area contributed by atoms with Crippen molar-refractivity contribution in [3.63, 3.8) is 0 Å². The summed E-state index contributed by atoms with van der Waals surface area (Å²) in [5, 5.41) is 0. The number of rotatable bonds is 3. The van der Waals surface area contributed by atoms with Gasteiger partial charge >= 0.3 is 0 Å². The van der Waals surface area contributed by atoms with E-state index in [1.807, 2.05) is 0 Å². The van der Waals surface area contributed by atoms with Crippen LogP contribution >= 0.6 is 15.9 Å². The molecule has 1 atom stereocenters. The highest BCUT2D eigenvalue weighted by Gasteiger charge is 2.22. The van der Waals surface area contributed by atoms with Crippen molar-refractivity contribution in [2.75, 3.05) is 0 Å². The van der Waals surface area contributed by atoms with Gasteiger partial charge in [-0.1, -0.05) is 60.1 Å². The summed E-state index contributed by atoms with van der Waals surface area (Å²) in [6.45, 7) is 6.57. The zero-order valence-electron chi connectivity index (χ0n) is 9.05. The average Bonchev–Trinajstić information content (AvgIpc) is 2.18. The lowest BCUT2D eigenvalue weighted by molar-refractivity contribution is 0.569. The first-order valence-corrected chi connectivity index (χ1v) is 5.82. The molecule has 0 radical (unpaired) electrons. The molecule has 14 heavy (non-hydrogen) atoms. The van der Waals surface area contributed by atoms with Crippen LogP contribution in [0.5, 0.6) is 0 Å². The summed E-state index contributed by atoms with van der Waals surface area (Å²) >= 11 is 3.61. The number of allylic oxidation sites excluding steroid dienone is 2. The fourth-order valence-corrected chi connectivity index (χ4v) is 2.43. The van der Waals surface area contributed by atoms with Crippen molar-refractivity contribution in [3.05, 3.63) is 46.5 Å². The minimum atomic E-state index is 0.148. The minimum absolute atomic E-state index is 0.148. The third kappa shape index (κ3) is 2.27. The van der Waals surface area contributed by atoms with Gasteiger partial charge in [-0.15, -0.1) is 0 Å². The lowest BCUT2D eigenvalue weighted by atomic mass is 9.80. The van der Waals surface area contributed by atoms with Crippen LogP contribution in [0.2, 0.25) is 0 Å². The Morgan fingerprint density at radius 1 is 1.36 bits per heavy atom. The Bertz CT molecular complexity index is 328. The predicted octanol–water partition coefficient (Wildman–Crippen LogP) is 4.69. The maximum absolute atomic E-state index is 3.61. The number of benzene rings is 1. The molecule has 0 bridgehead atoms. The molecule has 1 aromatic carbocycles. The van der Waals surface area contributed by atoms with Gasteiger partial charge in [-0.25, -0.2) is 0 Å². The van der Waals surface area contributed by atoms with Crippen molar-refractivity contribution in [3.8, 4) is 0 Å². The molecular formula is C13H17Br. The maximum atomic E-state index is 3.61. The van der Waals surface area contributed by atoms with Crippen LogP contribution in [0.15, 0.2) is 40.9 Å². The highest BCUT2D eigenvalue weighted by molar-refractivity contribution is 9.10. The second-order valence-electron chi connectivity index (χ2n) is 3.75. The lowest BCUT2D eigenvalue weighted by Gasteiger charge is -2.26. The van der Waals surface area contributed by atoms with E-state index < -0.39 is 0 Å². The zero-order chi connectivity index (χ0) is 10.6.